The van der Waals surface area contributed by atoms with Crippen molar-refractivity contribution in [1.82, 2.24) is 0 Å². The molecule has 0 radical (unpaired) electrons. The molecule has 0 spiro atoms. The number of azo groups is 1. The largest absolute Gasteiger partial charge is 0.479 e. The summed E-state index contributed by atoms with van der Waals surface area (Å²) in [6.45, 7) is 5.66. The molecule has 1 N–H and O–H groups in total. The van der Waals surface area contributed by atoms with Crippen molar-refractivity contribution in [3.05, 3.63) is 0 Å². The third-order valence-electron chi connectivity index (χ3n) is 2.26. The highest BCUT2D eigenvalue weighted by Gasteiger charge is 2.41. The van der Waals surface area contributed by atoms with Gasteiger partial charge >= 0.3 is 5.97 Å². The Balaban J connectivity index is 2.69. The summed E-state index contributed by atoms with van der Waals surface area (Å²) in [7, 11) is 0. The molecule has 68 valence electrons. The molecule has 12 heavy (non-hydrogen) atoms. The monoisotopic (exact) mass is 170 g/mol. The molecule has 0 aromatic rings. The van der Waals surface area contributed by atoms with Gasteiger partial charge in [-0.1, -0.05) is 13.8 Å². The molecular formula is C8H14N2O2. The number of hydrogen-bond donors (Lipinski definition) is 1. The molecule has 0 aliphatic carbocycles. The first-order valence-electron chi connectivity index (χ1n) is 4.11. The molecule has 1 aliphatic rings. The maximum absolute atomic E-state index is 10.7. The summed E-state index contributed by atoms with van der Waals surface area (Å²) in [5.41, 5.74) is -0.977. The fourth-order valence-corrected chi connectivity index (χ4v) is 1.19. The van der Waals surface area contributed by atoms with E-state index in [1.807, 2.05) is 13.8 Å². The quantitative estimate of drug-likeness (QED) is 0.685. The number of rotatable bonds is 2. The van der Waals surface area contributed by atoms with Gasteiger partial charge in [0.15, 0.2) is 5.54 Å². The molecule has 1 heterocycles. The van der Waals surface area contributed by atoms with Crippen molar-refractivity contribution < 1.29 is 9.90 Å². The number of hydrogen-bond acceptors (Lipinski definition) is 3. The number of carboxylic acids is 1. The van der Waals surface area contributed by atoms with Gasteiger partial charge in [0, 0.05) is 6.42 Å². The Kier molecular flexibility index (Phi) is 2.17. The second-order valence-corrected chi connectivity index (χ2v) is 3.81. The summed E-state index contributed by atoms with van der Waals surface area (Å²) in [5.74, 6) is -0.510. The van der Waals surface area contributed by atoms with Crippen molar-refractivity contribution in [3.63, 3.8) is 0 Å². The molecule has 2 unspecified atom stereocenters. The van der Waals surface area contributed by atoms with Crippen LogP contribution in [0.15, 0.2) is 10.2 Å². The van der Waals surface area contributed by atoms with E-state index in [0.29, 0.717) is 12.3 Å². The van der Waals surface area contributed by atoms with Crippen molar-refractivity contribution in [2.45, 2.75) is 38.8 Å². The Morgan fingerprint density at radius 1 is 1.67 bits per heavy atom. The first-order valence-corrected chi connectivity index (χ1v) is 4.11. The average Bonchev–Trinajstić information content (AvgIpc) is 2.33. The van der Waals surface area contributed by atoms with E-state index in [9.17, 15) is 4.79 Å². The zero-order chi connectivity index (χ0) is 9.35. The van der Waals surface area contributed by atoms with Gasteiger partial charge in [0.25, 0.3) is 0 Å². The van der Waals surface area contributed by atoms with Crippen molar-refractivity contribution in [2.75, 3.05) is 0 Å². The van der Waals surface area contributed by atoms with Crippen molar-refractivity contribution in [2.24, 2.45) is 16.1 Å². The Bertz CT molecular complexity index is 225. The summed E-state index contributed by atoms with van der Waals surface area (Å²) >= 11 is 0. The van der Waals surface area contributed by atoms with Gasteiger partial charge in [-0.3, -0.25) is 0 Å². The Morgan fingerprint density at radius 3 is 2.50 bits per heavy atom. The van der Waals surface area contributed by atoms with Crippen LogP contribution in [0.4, 0.5) is 0 Å². The maximum atomic E-state index is 10.7. The van der Waals surface area contributed by atoms with Crippen LogP contribution in [0.1, 0.15) is 27.2 Å². The second-order valence-electron chi connectivity index (χ2n) is 3.81. The van der Waals surface area contributed by atoms with Crippen LogP contribution >= 0.6 is 0 Å². The van der Waals surface area contributed by atoms with Crippen LogP contribution < -0.4 is 0 Å². The molecule has 0 aromatic carbocycles. The van der Waals surface area contributed by atoms with Crippen LogP contribution in [-0.4, -0.2) is 22.7 Å². The van der Waals surface area contributed by atoms with Gasteiger partial charge in [-0.2, -0.15) is 10.2 Å². The second kappa shape index (κ2) is 2.84. The van der Waals surface area contributed by atoms with Gasteiger partial charge < -0.3 is 5.11 Å². The Morgan fingerprint density at radius 2 is 2.25 bits per heavy atom. The molecule has 2 atom stereocenters. The lowest BCUT2D eigenvalue weighted by Crippen LogP contribution is -2.33. The topological polar surface area (TPSA) is 62.0 Å². The minimum Gasteiger partial charge on any atom is -0.479 e. The SMILES string of the molecule is CC(C)C1CC(C)(C(=O)O)N=N1. The first-order chi connectivity index (χ1) is 5.46. The van der Waals surface area contributed by atoms with E-state index in [1.165, 1.54) is 0 Å². The van der Waals surface area contributed by atoms with Crippen molar-refractivity contribution >= 4 is 5.97 Å². The summed E-state index contributed by atoms with van der Waals surface area (Å²) in [6.07, 6.45) is 0.528. The molecule has 0 saturated heterocycles. The lowest BCUT2D eigenvalue weighted by Gasteiger charge is -2.15. The predicted octanol–water partition coefficient (Wildman–Crippen LogP) is 1.71. The summed E-state index contributed by atoms with van der Waals surface area (Å²) in [6, 6.07) is 0.0751. The van der Waals surface area contributed by atoms with Gasteiger partial charge in [0.2, 0.25) is 0 Å². The molecule has 4 nitrogen and oxygen atoms in total. The zero-order valence-corrected chi connectivity index (χ0v) is 7.61. The van der Waals surface area contributed by atoms with Crippen LogP contribution in [0.2, 0.25) is 0 Å². The standard InChI is InChI=1S/C8H14N2O2/c1-5(2)6-4-8(3,7(11)12)10-9-6/h5-6H,4H2,1-3H3,(H,11,12). The normalized spacial score (nSPS) is 34.5. The van der Waals surface area contributed by atoms with E-state index in [0.717, 1.165) is 0 Å². The van der Waals surface area contributed by atoms with Gasteiger partial charge in [0.1, 0.15) is 0 Å². The van der Waals surface area contributed by atoms with E-state index in [4.69, 9.17) is 5.11 Å². The van der Waals surface area contributed by atoms with Crippen LogP contribution in [0.3, 0.4) is 0 Å². The van der Waals surface area contributed by atoms with Crippen molar-refractivity contribution in [1.29, 1.82) is 0 Å². The molecule has 0 amide bonds. The van der Waals surface area contributed by atoms with Gasteiger partial charge in [0.05, 0.1) is 6.04 Å². The van der Waals surface area contributed by atoms with Crippen LogP contribution in [-0.2, 0) is 4.79 Å². The third-order valence-corrected chi connectivity index (χ3v) is 2.26. The molecular weight excluding hydrogens is 156 g/mol. The van der Waals surface area contributed by atoms with Crippen LogP contribution in [0.5, 0.6) is 0 Å². The molecule has 4 heteroatoms. The van der Waals surface area contributed by atoms with E-state index < -0.39 is 11.5 Å². The number of aliphatic carboxylic acids is 1. The summed E-state index contributed by atoms with van der Waals surface area (Å²) < 4.78 is 0. The molecule has 1 rings (SSSR count). The zero-order valence-electron chi connectivity index (χ0n) is 7.61. The van der Waals surface area contributed by atoms with E-state index in [1.54, 1.807) is 6.92 Å². The Hall–Kier alpha value is -0.930. The summed E-state index contributed by atoms with van der Waals surface area (Å²) in [4.78, 5) is 10.7. The van der Waals surface area contributed by atoms with Crippen molar-refractivity contribution in [3.8, 4) is 0 Å². The van der Waals surface area contributed by atoms with E-state index in [2.05, 4.69) is 10.2 Å². The Labute approximate surface area is 71.7 Å². The number of carboxylic acid groups (broad SMARTS) is 1. The van der Waals surface area contributed by atoms with Crippen LogP contribution in [0.25, 0.3) is 0 Å². The molecule has 0 aromatic heterocycles. The lowest BCUT2D eigenvalue weighted by atomic mass is 9.91. The molecule has 0 fully saturated rings. The van der Waals surface area contributed by atoms with Gasteiger partial charge in [-0.15, -0.1) is 0 Å². The fourth-order valence-electron chi connectivity index (χ4n) is 1.19. The minimum absolute atomic E-state index is 0.0751. The van der Waals surface area contributed by atoms with Gasteiger partial charge in [-0.05, 0) is 12.8 Å². The number of nitrogens with zero attached hydrogens (tertiary/aromatic N) is 2. The van der Waals surface area contributed by atoms with Gasteiger partial charge in [-0.25, -0.2) is 4.79 Å². The molecule has 1 aliphatic heterocycles. The van der Waals surface area contributed by atoms with Crippen LogP contribution in [0, 0.1) is 5.92 Å². The minimum atomic E-state index is -0.977. The molecule has 0 saturated carbocycles. The number of carbonyl (C=O) groups is 1. The third kappa shape index (κ3) is 1.47. The summed E-state index contributed by atoms with van der Waals surface area (Å²) in [5, 5.41) is 16.6. The average molecular weight is 170 g/mol. The van der Waals surface area contributed by atoms with E-state index >= 15 is 0 Å². The fraction of sp³-hybridized carbons (Fsp3) is 0.875. The highest BCUT2D eigenvalue weighted by molar-refractivity contribution is 5.78. The smallest absolute Gasteiger partial charge is 0.333 e. The first kappa shape index (κ1) is 9.16. The maximum Gasteiger partial charge on any atom is 0.333 e. The highest BCUT2D eigenvalue weighted by Crippen LogP contribution is 2.30. The lowest BCUT2D eigenvalue weighted by molar-refractivity contribution is -0.142. The predicted molar refractivity (Wildman–Crippen MR) is 44.1 cm³/mol. The van der Waals surface area contributed by atoms with E-state index in [-0.39, 0.29) is 6.04 Å². The highest BCUT2D eigenvalue weighted by atomic mass is 16.4. The molecule has 0 bridgehead atoms.